The van der Waals surface area contributed by atoms with Gasteiger partial charge in [-0.3, -0.25) is 0 Å². The second kappa shape index (κ2) is 4.36. The first-order valence-electron chi connectivity index (χ1n) is 4.05. The van der Waals surface area contributed by atoms with Gasteiger partial charge in [0, 0.05) is 7.05 Å². The molecule has 0 fully saturated rings. The SMILES string of the molecule is COc1ccccc1N(C)C(N)=NO. The van der Waals surface area contributed by atoms with Gasteiger partial charge in [0.05, 0.1) is 12.8 Å². The first kappa shape index (κ1) is 10.2. The van der Waals surface area contributed by atoms with Crippen molar-refractivity contribution in [2.45, 2.75) is 0 Å². The van der Waals surface area contributed by atoms with E-state index in [1.807, 2.05) is 18.2 Å². The second-order valence-electron chi connectivity index (χ2n) is 2.69. The molecule has 0 aliphatic heterocycles. The van der Waals surface area contributed by atoms with E-state index in [4.69, 9.17) is 15.7 Å². The third kappa shape index (κ3) is 1.87. The third-order valence-corrected chi connectivity index (χ3v) is 1.89. The lowest BCUT2D eigenvalue weighted by Gasteiger charge is -2.19. The van der Waals surface area contributed by atoms with Crippen LogP contribution < -0.4 is 15.4 Å². The van der Waals surface area contributed by atoms with Crippen LogP contribution in [-0.4, -0.2) is 25.3 Å². The van der Waals surface area contributed by atoms with Gasteiger partial charge in [-0.2, -0.15) is 0 Å². The van der Waals surface area contributed by atoms with Gasteiger partial charge in [-0.1, -0.05) is 17.3 Å². The van der Waals surface area contributed by atoms with Gasteiger partial charge in [0.1, 0.15) is 5.75 Å². The van der Waals surface area contributed by atoms with Crippen LogP contribution in [-0.2, 0) is 0 Å². The summed E-state index contributed by atoms with van der Waals surface area (Å²) in [5, 5.41) is 11.4. The monoisotopic (exact) mass is 195 g/mol. The molecule has 5 nitrogen and oxygen atoms in total. The van der Waals surface area contributed by atoms with Crippen molar-refractivity contribution < 1.29 is 9.94 Å². The van der Waals surface area contributed by atoms with Gasteiger partial charge in [-0.25, -0.2) is 0 Å². The van der Waals surface area contributed by atoms with Crippen molar-refractivity contribution in [1.29, 1.82) is 0 Å². The fourth-order valence-electron chi connectivity index (χ4n) is 1.10. The number of methoxy groups -OCH3 is 1. The maximum Gasteiger partial charge on any atom is 0.237 e. The molecule has 1 aromatic rings. The van der Waals surface area contributed by atoms with Crippen LogP contribution in [0.15, 0.2) is 29.4 Å². The number of benzene rings is 1. The van der Waals surface area contributed by atoms with E-state index in [1.165, 1.54) is 4.90 Å². The van der Waals surface area contributed by atoms with E-state index in [0.717, 1.165) is 5.69 Å². The number of para-hydroxylation sites is 2. The smallest absolute Gasteiger partial charge is 0.237 e. The Hall–Kier alpha value is -1.91. The zero-order chi connectivity index (χ0) is 10.6. The predicted molar refractivity (Wildman–Crippen MR) is 54.8 cm³/mol. The number of oxime groups is 1. The van der Waals surface area contributed by atoms with Crippen molar-refractivity contribution in [3.8, 4) is 5.75 Å². The Balaban J connectivity index is 3.05. The number of ether oxygens (including phenoxy) is 1. The molecule has 0 aliphatic carbocycles. The largest absolute Gasteiger partial charge is 0.495 e. The van der Waals surface area contributed by atoms with Crippen LogP contribution in [0.3, 0.4) is 0 Å². The molecule has 14 heavy (non-hydrogen) atoms. The van der Waals surface area contributed by atoms with E-state index in [-0.39, 0.29) is 5.96 Å². The molecule has 1 aromatic carbocycles. The van der Waals surface area contributed by atoms with Crippen molar-refractivity contribution in [2.75, 3.05) is 19.1 Å². The fraction of sp³-hybridized carbons (Fsp3) is 0.222. The number of anilines is 1. The molecule has 0 amide bonds. The minimum atomic E-state index is 0.00880. The lowest BCUT2D eigenvalue weighted by atomic mass is 10.3. The predicted octanol–water partition coefficient (Wildman–Crippen LogP) is 0.835. The Morgan fingerprint density at radius 1 is 1.50 bits per heavy atom. The molecule has 0 heterocycles. The highest BCUT2D eigenvalue weighted by molar-refractivity contribution is 5.95. The van der Waals surface area contributed by atoms with E-state index in [9.17, 15) is 0 Å². The van der Waals surface area contributed by atoms with Crippen LogP contribution in [0.1, 0.15) is 0 Å². The maximum atomic E-state index is 8.51. The normalized spacial score (nSPS) is 11.1. The molecule has 0 atom stereocenters. The standard InChI is InChI=1S/C9H13N3O2/c1-12(9(10)11-13)7-5-3-4-6-8(7)14-2/h3-6,13H,1-2H3,(H2,10,11). The van der Waals surface area contributed by atoms with Crippen molar-refractivity contribution in [2.24, 2.45) is 10.9 Å². The zero-order valence-electron chi connectivity index (χ0n) is 8.14. The van der Waals surface area contributed by atoms with E-state index in [1.54, 1.807) is 20.2 Å². The zero-order valence-corrected chi connectivity index (χ0v) is 8.14. The third-order valence-electron chi connectivity index (χ3n) is 1.89. The van der Waals surface area contributed by atoms with Crippen molar-refractivity contribution in [3.63, 3.8) is 0 Å². The molecular weight excluding hydrogens is 182 g/mol. The fourth-order valence-corrected chi connectivity index (χ4v) is 1.10. The summed E-state index contributed by atoms with van der Waals surface area (Å²) in [5.41, 5.74) is 6.18. The van der Waals surface area contributed by atoms with Crippen LogP contribution in [0.4, 0.5) is 5.69 Å². The first-order chi connectivity index (χ1) is 6.70. The Morgan fingerprint density at radius 2 is 2.14 bits per heavy atom. The summed E-state index contributed by atoms with van der Waals surface area (Å²) in [6.07, 6.45) is 0. The van der Waals surface area contributed by atoms with Crippen molar-refractivity contribution >= 4 is 11.6 Å². The number of hydrogen-bond acceptors (Lipinski definition) is 3. The minimum absolute atomic E-state index is 0.00880. The Bertz CT molecular complexity index is 339. The van der Waals surface area contributed by atoms with Gasteiger partial charge in [0.25, 0.3) is 0 Å². The summed E-state index contributed by atoms with van der Waals surface area (Å²) < 4.78 is 5.13. The summed E-state index contributed by atoms with van der Waals surface area (Å²) in [5.74, 6) is 0.677. The van der Waals surface area contributed by atoms with E-state index in [0.29, 0.717) is 5.75 Å². The molecule has 0 spiro atoms. The van der Waals surface area contributed by atoms with E-state index in [2.05, 4.69) is 5.16 Å². The first-order valence-corrected chi connectivity index (χ1v) is 4.05. The molecule has 1 rings (SSSR count). The molecule has 0 aliphatic rings. The van der Waals surface area contributed by atoms with Crippen molar-refractivity contribution in [3.05, 3.63) is 24.3 Å². The highest BCUT2D eigenvalue weighted by Crippen LogP contribution is 2.26. The molecule has 5 heteroatoms. The quantitative estimate of drug-likeness (QED) is 0.317. The lowest BCUT2D eigenvalue weighted by Crippen LogP contribution is -2.33. The van der Waals surface area contributed by atoms with Gasteiger partial charge in [0.2, 0.25) is 5.96 Å². The lowest BCUT2D eigenvalue weighted by molar-refractivity contribution is 0.317. The van der Waals surface area contributed by atoms with Crippen LogP contribution >= 0.6 is 0 Å². The summed E-state index contributed by atoms with van der Waals surface area (Å²) in [7, 11) is 3.26. The van der Waals surface area contributed by atoms with Crippen LogP contribution in [0.25, 0.3) is 0 Å². The number of guanidine groups is 1. The molecule has 0 aromatic heterocycles. The summed E-state index contributed by atoms with van der Waals surface area (Å²) in [6, 6.07) is 7.31. The molecule has 3 N–H and O–H groups in total. The maximum absolute atomic E-state index is 8.51. The topological polar surface area (TPSA) is 71.1 Å². The molecule has 0 saturated carbocycles. The van der Waals surface area contributed by atoms with Gasteiger partial charge < -0.3 is 20.6 Å². The number of nitrogens with zero attached hydrogens (tertiary/aromatic N) is 2. The Labute approximate surface area is 82.4 Å². The minimum Gasteiger partial charge on any atom is -0.495 e. The highest BCUT2D eigenvalue weighted by atomic mass is 16.5. The average Bonchev–Trinajstić information content (AvgIpc) is 2.26. The molecule has 0 saturated heterocycles. The molecular formula is C9H13N3O2. The van der Waals surface area contributed by atoms with E-state index < -0.39 is 0 Å². The second-order valence-corrected chi connectivity index (χ2v) is 2.69. The van der Waals surface area contributed by atoms with Gasteiger partial charge >= 0.3 is 0 Å². The molecule has 0 radical (unpaired) electrons. The summed E-state index contributed by atoms with van der Waals surface area (Å²) >= 11 is 0. The van der Waals surface area contributed by atoms with Gasteiger partial charge in [0.15, 0.2) is 0 Å². The molecule has 0 unspecified atom stereocenters. The van der Waals surface area contributed by atoms with Crippen LogP contribution in [0.2, 0.25) is 0 Å². The highest BCUT2D eigenvalue weighted by Gasteiger charge is 2.09. The van der Waals surface area contributed by atoms with Gasteiger partial charge in [-0.15, -0.1) is 0 Å². The number of rotatable bonds is 2. The Kier molecular flexibility index (Phi) is 3.17. The van der Waals surface area contributed by atoms with Crippen LogP contribution in [0.5, 0.6) is 5.75 Å². The summed E-state index contributed by atoms with van der Waals surface area (Å²) in [6.45, 7) is 0. The van der Waals surface area contributed by atoms with Crippen molar-refractivity contribution in [1.82, 2.24) is 0 Å². The number of nitrogens with two attached hydrogens (primary N) is 1. The van der Waals surface area contributed by atoms with Crippen LogP contribution in [0, 0.1) is 0 Å². The van der Waals surface area contributed by atoms with E-state index >= 15 is 0 Å². The Morgan fingerprint density at radius 3 is 2.71 bits per heavy atom. The molecule has 76 valence electrons. The van der Waals surface area contributed by atoms with Gasteiger partial charge in [-0.05, 0) is 12.1 Å². The average molecular weight is 195 g/mol. The summed E-state index contributed by atoms with van der Waals surface area (Å²) in [4.78, 5) is 1.53. The molecule has 0 bridgehead atoms. The number of hydrogen-bond donors (Lipinski definition) is 2.